The van der Waals surface area contributed by atoms with Gasteiger partial charge in [0.15, 0.2) is 0 Å². The van der Waals surface area contributed by atoms with E-state index < -0.39 is 0 Å². The van der Waals surface area contributed by atoms with Crippen LogP contribution in [0.2, 0.25) is 0 Å². The Hall–Kier alpha value is -2.33. The third kappa shape index (κ3) is 3.37. The number of carbonyl (C=O) groups excluding carboxylic acids is 1. The van der Waals surface area contributed by atoms with Gasteiger partial charge in [0, 0.05) is 17.5 Å². The smallest absolute Gasteiger partial charge is 0.224 e. The molecular formula is C19H21NO3. The number of carbonyl (C=O) groups is 1. The summed E-state index contributed by atoms with van der Waals surface area (Å²) in [7, 11) is 0. The fourth-order valence-corrected chi connectivity index (χ4v) is 3.28. The topological polar surface area (TPSA) is 69.6 Å². The second-order valence-corrected chi connectivity index (χ2v) is 6.29. The van der Waals surface area contributed by atoms with E-state index in [4.69, 9.17) is 0 Å². The van der Waals surface area contributed by atoms with Crippen molar-refractivity contribution in [2.24, 2.45) is 0 Å². The fraction of sp³-hybridized carbons (Fsp3) is 0.316. The van der Waals surface area contributed by atoms with Gasteiger partial charge in [0.25, 0.3) is 0 Å². The van der Waals surface area contributed by atoms with Crippen LogP contribution in [0.25, 0.3) is 0 Å². The molecule has 0 unspecified atom stereocenters. The zero-order valence-electron chi connectivity index (χ0n) is 12.9. The van der Waals surface area contributed by atoms with Crippen LogP contribution in [-0.2, 0) is 16.6 Å². The van der Waals surface area contributed by atoms with Crippen molar-refractivity contribution in [3.8, 4) is 5.75 Å². The molecule has 0 saturated heterocycles. The lowest BCUT2D eigenvalue weighted by Gasteiger charge is -2.46. The highest BCUT2D eigenvalue weighted by Gasteiger charge is 2.44. The molecule has 1 fully saturated rings. The maximum Gasteiger partial charge on any atom is 0.224 e. The number of benzene rings is 2. The highest BCUT2D eigenvalue weighted by molar-refractivity contribution is 5.79. The summed E-state index contributed by atoms with van der Waals surface area (Å²) in [4.78, 5) is 12.2. The third-order valence-electron chi connectivity index (χ3n) is 4.61. The number of aliphatic hydroxyl groups is 1. The van der Waals surface area contributed by atoms with E-state index in [0.717, 1.165) is 5.56 Å². The zero-order valence-corrected chi connectivity index (χ0v) is 12.9. The highest BCUT2D eigenvalue weighted by Crippen LogP contribution is 2.43. The van der Waals surface area contributed by atoms with Crippen LogP contribution in [0.15, 0.2) is 54.6 Å². The lowest BCUT2D eigenvalue weighted by molar-refractivity contribution is -0.121. The van der Waals surface area contributed by atoms with Crippen LogP contribution in [0, 0.1) is 0 Å². The second-order valence-electron chi connectivity index (χ2n) is 6.29. The van der Waals surface area contributed by atoms with Crippen molar-refractivity contribution in [1.29, 1.82) is 0 Å². The van der Waals surface area contributed by atoms with Crippen LogP contribution in [-0.4, -0.2) is 28.8 Å². The number of aromatic hydroxyl groups is 1. The van der Waals surface area contributed by atoms with E-state index in [1.54, 1.807) is 24.3 Å². The Morgan fingerprint density at radius 3 is 2.39 bits per heavy atom. The summed E-state index contributed by atoms with van der Waals surface area (Å²) >= 11 is 0. The minimum absolute atomic E-state index is 0.122. The molecule has 1 amide bonds. The Morgan fingerprint density at radius 2 is 1.74 bits per heavy atom. The molecule has 0 spiro atoms. The highest BCUT2D eigenvalue weighted by atomic mass is 16.3. The predicted octanol–water partition coefficient (Wildman–Crippen LogP) is 2.14. The summed E-state index contributed by atoms with van der Waals surface area (Å²) in [5.41, 5.74) is 1.58. The van der Waals surface area contributed by atoms with Gasteiger partial charge in [-0.05, 0) is 24.5 Å². The summed E-state index contributed by atoms with van der Waals surface area (Å²) in [5.74, 6) is 0.0164. The molecule has 0 aromatic heterocycles. The first-order valence-corrected chi connectivity index (χ1v) is 7.86. The first-order valence-electron chi connectivity index (χ1n) is 7.86. The van der Waals surface area contributed by atoms with E-state index >= 15 is 0 Å². The Bertz CT molecular complexity index is 678. The van der Waals surface area contributed by atoms with E-state index in [1.165, 1.54) is 0 Å². The van der Waals surface area contributed by atoms with Crippen molar-refractivity contribution >= 4 is 5.91 Å². The lowest BCUT2D eigenvalue weighted by Crippen LogP contribution is -2.52. The van der Waals surface area contributed by atoms with Crippen LogP contribution in [0.3, 0.4) is 0 Å². The molecule has 2 aromatic carbocycles. The van der Waals surface area contributed by atoms with Gasteiger partial charge in [-0.1, -0.05) is 48.5 Å². The SMILES string of the molecule is O=C(Cc1ccccc1O)NCC1(c2ccccc2)CC(O)C1. The molecular weight excluding hydrogens is 290 g/mol. The Labute approximate surface area is 135 Å². The van der Waals surface area contributed by atoms with Crippen LogP contribution in [0.1, 0.15) is 24.0 Å². The van der Waals surface area contributed by atoms with E-state index in [2.05, 4.69) is 5.32 Å². The Kier molecular flexibility index (Phi) is 4.35. The normalized spacial score (nSPS) is 23.1. The van der Waals surface area contributed by atoms with Gasteiger partial charge in [0.1, 0.15) is 5.75 Å². The number of aliphatic hydroxyl groups excluding tert-OH is 1. The number of phenols is 1. The summed E-state index contributed by atoms with van der Waals surface area (Å²) in [5, 5.41) is 22.4. The Balaban J connectivity index is 1.64. The number of hydrogen-bond donors (Lipinski definition) is 3. The van der Waals surface area contributed by atoms with E-state index in [0.29, 0.717) is 24.9 Å². The van der Waals surface area contributed by atoms with E-state index in [1.807, 2.05) is 30.3 Å². The fourth-order valence-electron chi connectivity index (χ4n) is 3.28. The van der Waals surface area contributed by atoms with Gasteiger partial charge in [-0.25, -0.2) is 0 Å². The van der Waals surface area contributed by atoms with Gasteiger partial charge in [-0.15, -0.1) is 0 Å². The quantitative estimate of drug-likeness (QED) is 0.792. The zero-order chi connectivity index (χ0) is 16.3. The van der Waals surface area contributed by atoms with Gasteiger partial charge >= 0.3 is 0 Å². The van der Waals surface area contributed by atoms with Gasteiger partial charge in [-0.3, -0.25) is 4.79 Å². The number of hydrogen-bond acceptors (Lipinski definition) is 3. The van der Waals surface area contributed by atoms with Crippen LogP contribution >= 0.6 is 0 Å². The molecule has 4 nitrogen and oxygen atoms in total. The van der Waals surface area contributed by atoms with Crippen molar-refractivity contribution in [2.45, 2.75) is 30.8 Å². The number of amides is 1. The minimum Gasteiger partial charge on any atom is -0.508 e. The molecule has 120 valence electrons. The van der Waals surface area contributed by atoms with E-state index in [-0.39, 0.29) is 29.6 Å². The molecule has 0 radical (unpaired) electrons. The number of nitrogens with one attached hydrogen (secondary N) is 1. The number of para-hydroxylation sites is 1. The van der Waals surface area contributed by atoms with Crippen LogP contribution < -0.4 is 5.32 Å². The summed E-state index contributed by atoms with van der Waals surface area (Å²) in [6.45, 7) is 0.500. The molecule has 1 aliphatic carbocycles. The molecule has 0 aliphatic heterocycles. The first-order chi connectivity index (χ1) is 11.1. The molecule has 0 bridgehead atoms. The van der Waals surface area contributed by atoms with Crippen molar-refractivity contribution < 1.29 is 15.0 Å². The standard InChI is InChI=1S/C19H21NO3/c21-16-11-19(12-16,15-7-2-1-3-8-15)13-20-18(23)10-14-6-4-5-9-17(14)22/h1-9,16,21-22H,10-13H2,(H,20,23). The predicted molar refractivity (Wildman–Crippen MR) is 88.2 cm³/mol. The number of rotatable bonds is 5. The van der Waals surface area contributed by atoms with E-state index in [9.17, 15) is 15.0 Å². The molecule has 3 N–H and O–H groups in total. The monoisotopic (exact) mass is 311 g/mol. The molecule has 0 atom stereocenters. The first kappa shape index (κ1) is 15.6. The van der Waals surface area contributed by atoms with Crippen LogP contribution in [0.4, 0.5) is 0 Å². The summed E-state index contributed by atoms with van der Waals surface area (Å²) in [6.07, 6.45) is 1.17. The Morgan fingerprint density at radius 1 is 1.09 bits per heavy atom. The van der Waals surface area contributed by atoms with Gasteiger partial charge < -0.3 is 15.5 Å². The van der Waals surface area contributed by atoms with Gasteiger partial charge in [0.2, 0.25) is 5.91 Å². The average molecular weight is 311 g/mol. The molecule has 2 aromatic rings. The largest absolute Gasteiger partial charge is 0.508 e. The summed E-state index contributed by atoms with van der Waals surface area (Å²) in [6, 6.07) is 16.9. The maximum absolute atomic E-state index is 12.2. The molecule has 0 heterocycles. The molecule has 3 rings (SSSR count). The third-order valence-corrected chi connectivity index (χ3v) is 4.61. The minimum atomic E-state index is -0.301. The van der Waals surface area contributed by atoms with Crippen molar-refractivity contribution in [2.75, 3.05) is 6.54 Å². The number of phenolic OH excluding ortho intramolecular Hbond substituents is 1. The van der Waals surface area contributed by atoms with Gasteiger partial charge in [0.05, 0.1) is 12.5 Å². The van der Waals surface area contributed by atoms with Gasteiger partial charge in [-0.2, -0.15) is 0 Å². The molecule has 1 aliphatic rings. The van der Waals surface area contributed by atoms with Crippen molar-refractivity contribution in [3.63, 3.8) is 0 Å². The second kappa shape index (κ2) is 6.42. The van der Waals surface area contributed by atoms with Crippen molar-refractivity contribution in [1.82, 2.24) is 5.32 Å². The summed E-state index contributed by atoms with van der Waals surface area (Å²) < 4.78 is 0. The lowest BCUT2D eigenvalue weighted by atomic mass is 9.62. The average Bonchev–Trinajstić information content (AvgIpc) is 2.53. The molecule has 23 heavy (non-hydrogen) atoms. The molecule has 1 saturated carbocycles. The van der Waals surface area contributed by atoms with Crippen LogP contribution in [0.5, 0.6) is 5.75 Å². The molecule has 4 heteroatoms. The maximum atomic E-state index is 12.2. The van der Waals surface area contributed by atoms with Crippen molar-refractivity contribution in [3.05, 3.63) is 65.7 Å².